The van der Waals surface area contributed by atoms with Crippen molar-refractivity contribution in [3.63, 3.8) is 0 Å². The summed E-state index contributed by atoms with van der Waals surface area (Å²) in [7, 11) is 0. The molecule has 0 fully saturated rings. The van der Waals surface area contributed by atoms with Gasteiger partial charge in [-0.15, -0.1) is 0 Å². The summed E-state index contributed by atoms with van der Waals surface area (Å²) < 4.78 is 0. The molecule has 1 N–H and O–H groups in total. The Kier molecular flexibility index (Phi) is 7.95. The van der Waals surface area contributed by atoms with Crippen LogP contribution >= 0.6 is 11.6 Å². The maximum absolute atomic E-state index is 9.22. The molecular weight excluding hydrogens is 398 g/mol. The van der Waals surface area contributed by atoms with Crippen LogP contribution in [0, 0.1) is 11.5 Å². The standard InChI is InChI=1S/C23H20ClN5O/c24-21-11-5-4-9-19(21)12-14-27-23(28-17-25)22(20-10-6-13-26-15-20)29-30-16-18-7-2-1-3-8-18/h1-11,13,15H,12,14,16H2,(H,27,28). The van der Waals surface area contributed by atoms with E-state index in [1.165, 1.54) is 0 Å². The van der Waals surface area contributed by atoms with Gasteiger partial charge in [-0.3, -0.25) is 15.3 Å². The van der Waals surface area contributed by atoms with Crippen LogP contribution in [0.15, 0.2) is 89.3 Å². The Bertz CT molecular complexity index is 1050. The van der Waals surface area contributed by atoms with Gasteiger partial charge in [0.15, 0.2) is 17.7 Å². The minimum Gasteiger partial charge on any atom is -0.390 e. The second-order valence-electron chi connectivity index (χ2n) is 6.25. The van der Waals surface area contributed by atoms with Crippen molar-refractivity contribution in [3.05, 3.63) is 101 Å². The number of hydrogen-bond donors (Lipinski definition) is 1. The number of halogens is 1. The smallest absolute Gasteiger partial charge is 0.182 e. The van der Waals surface area contributed by atoms with Gasteiger partial charge >= 0.3 is 0 Å². The molecule has 0 saturated heterocycles. The van der Waals surface area contributed by atoms with Crippen molar-refractivity contribution in [3.8, 4) is 6.19 Å². The summed E-state index contributed by atoms with van der Waals surface area (Å²) in [5.74, 6) is 0.311. The van der Waals surface area contributed by atoms with Gasteiger partial charge in [0.2, 0.25) is 0 Å². The molecule has 150 valence electrons. The normalized spacial score (nSPS) is 11.6. The second kappa shape index (κ2) is 11.3. The largest absolute Gasteiger partial charge is 0.390 e. The highest BCUT2D eigenvalue weighted by Crippen LogP contribution is 2.15. The zero-order valence-corrected chi connectivity index (χ0v) is 17.0. The number of nitriles is 1. The Balaban J connectivity index is 1.81. The third-order valence-electron chi connectivity index (χ3n) is 4.17. The Morgan fingerprint density at radius 2 is 1.87 bits per heavy atom. The van der Waals surface area contributed by atoms with Gasteiger partial charge in [0.25, 0.3) is 0 Å². The van der Waals surface area contributed by atoms with E-state index in [4.69, 9.17) is 16.4 Å². The van der Waals surface area contributed by atoms with E-state index in [0.717, 1.165) is 11.1 Å². The molecule has 7 heteroatoms. The van der Waals surface area contributed by atoms with Crippen molar-refractivity contribution in [2.75, 3.05) is 6.54 Å². The molecule has 0 amide bonds. The van der Waals surface area contributed by atoms with Crippen LogP contribution < -0.4 is 5.32 Å². The SMILES string of the molecule is N#CNC(=NCCc1ccccc1Cl)C(=NOCc1ccccc1)c1cccnc1. The first-order chi connectivity index (χ1) is 14.8. The number of amidine groups is 1. The van der Waals surface area contributed by atoms with Crippen molar-refractivity contribution in [2.24, 2.45) is 10.1 Å². The minimum absolute atomic E-state index is 0.296. The minimum atomic E-state index is 0.296. The molecule has 1 heterocycles. The predicted octanol–water partition coefficient (Wildman–Crippen LogP) is 4.37. The van der Waals surface area contributed by atoms with Crippen LogP contribution in [-0.2, 0) is 17.9 Å². The fraction of sp³-hybridized carbons (Fsp3) is 0.130. The van der Waals surface area contributed by atoms with Crippen LogP contribution in [0.5, 0.6) is 0 Å². The third kappa shape index (κ3) is 6.16. The monoisotopic (exact) mass is 417 g/mol. The van der Waals surface area contributed by atoms with E-state index in [0.29, 0.717) is 41.7 Å². The zero-order chi connectivity index (χ0) is 21.0. The molecule has 0 aliphatic rings. The van der Waals surface area contributed by atoms with E-state index in [1.54, 1.807) is 18.5 Å². The summed E-state index contributed by atoms with van der Waals surface area (Å²) in [4.78, 5) is 14.2. The van der Waals surface area contributed by atoms with E-state index in [-0.39, 0.29) is 0 Å². The van der Waals surface area contributed by atoms with E-state index >= 15 is 0 Å². The van der Waals surface area contributed by atoms with Crippen molar-refractivity contribution in [2.45, 2.75) is 13.0 Å². The first-order valence-electron chi connectivity index (χ1n) is 9.35. The highest BCUT2D eigenvalue weighted by atomic mass is 35.5. The number of rotatable bonds is 8. The van der Waals surface area contributed by atoms with Crippen LogP contribution in [0.2, 0.25) is 5.02 Å². The lowest BCUT2D eigenvalue weighted by atomic mass is 10.1. The van der Waals surface area contributed by atoms with E-state index in [1.807, 2.05) is 66.9 Å². The lowest BCUT2D eigenvalue weighted by molar-refractivity contribution is 0.131. The number of pyridine rings is 1. The van der Waals surface area contributed by atoms with Crippen molar-refractivity contribution < 1.29 is 4.84 Å². The quantitative estimate of drug-likeness (QED) is 0.194. The van der Waals surface area contributed by atoms with Crippen molar-refractivity contribution in [1.82, 2.24) is 10.3 Å². The average Bonchev–Trinajstić information content (AvgIpc) is 2.79. The van der Waals surface area contributed by atoms with Crippen LogP contribution in [0.25, 0.3) is 0 Å². The topological polar surface area (TPSA) is 82.7 Å². The Hall–Kier alpha value is -3.69. The van der Waals surface area contributed by atoms with Crippen molar-refractivity contribution >= 4 is 23.1 Å². The van der Waals surface area contributed by atoms with Gasteiger partial charge in [-0.05, 0) is 35.7 Å². The maximum atomic E-state index is 9.22. The number of aromatic nitrogens is 1. The molecule has 1 aromatic heterocycles. The van der Waals surface area contributed by atoms with E-state index in [9.17, 15) is 5.26 Å². The highest BCUT2D eigenvalue weighted by molar-refractivity contribution is 6.47. The molecule has 30 heavy (non-hydrogen) atoms. The number of oxime groups is 1. The van der Waals surface area contributed by atoms with Crippen LogP contribution in [0.3, 0.4) is 0 Å². The van der Waals surface area contributed by atoms with Gasteiger partial charge in [-0.2, -0.15) is 5.26 Å². The molecule has 0 atom stereocenters. The molecule has 0 saturated carbocycles. The Morgan fingerprint density at radius 3 is 2.60 bits per heavy atom. The van der Waals surface area contributed by atoms with Crippen LogP contribution in [0.4, 0.5) is 0 Å². The second-order valence-corrected chi connectivity index (χ2v) is 6.66. The van der Waals surface area contributed by atoms with E-state index in [2.05, 4.69) is 20.4 Å². The van der Waals surface area contributed by atoms with Gasteiger partial charge < -0.3 is 4.84 Å². The molecule has 0 bridgehead atoms. The zero-order valence-electron chi connectivity index (χ0n) is 16.2. The van der Waals surface area contributed by atoms with E-state index < -0.39 is 0 Å². The maximum Gasteiger partial charge on any atom is 0.182 e. The average molecular weight is 418 g/mol. The first kappa shape index (κ1) is 21.0. The predicted molar refractivity (Wildman–Crippen MR) is 118 cm³/mol. The van der Waals surface area contributed by atoms with Gasteiger partial charge in [-0.25, -0.2) is 0 Å². The molecule has 0 spiro atoms. The summed E-state index contributed by atoms with van der Waals surface area (Å²) in [5.41, 5.74) is 3.06. The summed E-state index contributed by atoms with van der Waals surface area (Å²) >= 11 is 6.22. The summed E-state index contributed by atoms with van der Waals surface area (Å²) in [5, 5.41) is 16.8. The fourth-order valence-corrected chi connectivity index (χ4v) is 2.93. The first-order valence-corrected chi connectivity index (χ1v) is 9.73. The number of aliphatic imine (C=N–C) groups is 1. The molecule has 0 aliphatic carbocycles. The van der Waals surface area contributed by atoms with Gasteiger partial charge in [0, 0.05) is 29.5 Å². The summed E-state index contributed by atoms with van der Waals surface area (Å²) in [6.45, 7) is 0.718. The molecule has 0 aliphatic heterocycles. The fourth-order valence-electron chi connectivity index (χ4n) is 2.70. The lowest BCUT2D eigenvalue weighted by Gasteiger charge is -2.09. The number of nitrogens with one attached hydrogen (secondary N) is 1. The number of benzene rings is 2. The molecule has 0 unspecified atom stereocenters. The van der Waals surface area contributed by atoms with Crippen molar-refractivity contribution in [1.29, 1.82) is 5.26 Å². The molecule has 3 rings (SSSR count). The van der Waals surface area contributed by atoms with Crippen LogP contribution in [0.1, 0.15) is 16.7 Å². The third-order valence-corrected chi connectivity index (χ3v) is 4.54. The summed E-state index contributed by atoms with van der Waals surface area (Å²) in [6, 6.07) is 20.9. The molecule has 2 aromatic carbocycles. The Labute approximate surface area is 180 Å². The van der Waals surface area contributed by atoms with Gasteiger partial charge in [0.1, 0.15) is 6.61 Å². The molecule has 0 radical (unpaired) electrons. The number of nitrogens with zero attached hydrogens (tertiary/aromatic N) is 4. The van der Waals surface area contributed by atoms with Gasteiger partial charge in [-0.1, -0.05) is 65.3 Å². The summed E-state index contributed by atoms with van der Waals surface area (Å²) in [6.07, 6.45) is 5.86. The molecule has 6 nitrogen and oxygen atoms in total. The highest BCUT2D eigenvalue weighted by Gasteiger charge is 2.13. The Morgan fingerprint density at radius 1 is 1.07 bits per heavy atom. The molecule has 3 aromatic rings. The molecular formula is C23H20ClN5O. The van der Waals surface area contributed by atoms with Crippen LogP contribution in [-0.4, -0.2) is 23.1 Å². The lowest BCUT2D eigenvalue weighted by Crippen LogP contribution is -2.29. The number of hydrogen-bond acceptors (Lipinski definition) is 5. The van der Waals surface area contributed by atoms with Gasteiger partial charge in [0.05, 0.1) is 0 Å².